The molecule has 6 nitrogen and oxygen atoms in total. The fourth-order valence-corrected chi connectivity index (χ4v) is 3.45. The van der Waals surface area contributed by atoms with Gasteiger partial charge in [0.25, 0.3) is 5.91 Å². The van der Waals surface area contributed by atoms with Gasteiger partial charge in [0.2, 0.25) is 0 Å². The second kappa shape index (κ2) is 8.86. The van der Waals surface area contributed by atoms with Gasteiger partial charge in [-0.05, 0) is 42.5 Å². The Bertz CT molecular complexity index is 995. The van der Waals surface area contributed by atoms with E-state index >= 15 is 0 Å². The van der Waals surface area contributed by atoms with E-state index in [0.717, 1.165) is 5.82 Å². The summed E-state index contributed by atoms with van der Waals surface area (Å²) in [5.74, 6) is 0.715. The molecule has 0 radical (unpaired) electrons. The molecule has 8 heteroatoms. The monoisotopic (exact) mass is 410 g/mol. The highest BCUT2D eigenvalue weighted by molar-refractivity contribution is 5.96. The number of carbonyl (C=O) groups is 1. The molecule has 4 rings (SSSR count). The highest BCUT2D eigenvalue weighted by atomic mass is 19.3. The molecule has 0 aliphatic carbocycles. The van der Waals surface area contributed by atoms with Gasteiger partial charge >= 0.3 is 6.61 Å². The predicted molar refractivity (Wildman–Crippen MR) is 109 cm³/mol. The highest BCUT2D eigenvalue weighted by Gasteiger charge is 2.24. The van der Waals surface area contributed by atoms with Crippen molar-refractivity contribution in [2.24, 2.45) is 0 Å². The number of amides is 1. The van der Waals surface area contributed by atoms with E-state index < -0.39 is 6.61 Å². The third-order valence-electron chi connectivity index (χ3n) is 4.92. The van der Waals surface area contributed by atoms with E-state index in [1.165, 1.54) is 12.1 Å². The lowest BCUT2D eigenvalue weighted by molar-refractivity contribution is -0.0494. The van der Waals surface area contributed by atoms with Gasteiger partial charge in [0.15, 0.2) is 0 Å². The van der Waals surface area contributed by atoms with Gasteiger partial charge in [-0.15, -0.1) is 0 Å². The van der Waals surface area contributed by atoms with Crippen LogP contribution in [0, 0.1) is 0 Å². The molecule has 2 aromatic heterocycles. The Labute approximate surface area is 172 Å². The number of benzene rings is 1. The number of rotatable bonds is 5. The van der Waals surface area contributed by atoms with Crippen molar-refractivity contribution in [1.82, 2.24) is 14.9 Å². The van der Waals surface area contributed by atoms with Crippen LogP contribution in [0.1, 0.15) is 10.4 Å². The van der Waals surface area contributed by atoms with Crippen LogP contribution < -0.4 is 9.64 Å². The summed E-state index contributed by atoms with van der Waals surface area (Å²) >= 11 is 0. The molecular formula is C22H20F2N4O2. The molecule has 1 fully saturated rings. The van der Waals surface area contributed by atoms with Crippen molar-refractivity contribution in [2.45, 2.75) is 6.61 Å². The van der Waals surface area contributed by atoms with Crippen molar-refractivity contribution in [3.63, 3.8) is 0 Å². The number of ether oxygens (including phenoxy) is 1. The lowest BCUT2D eigenvalue weighted by Crippen LogP contribution is -2.49. The topological polar surface area (TPSA) is 58.6 Å². The minimum absolute atomic E-state index is 0.0137. The van der Waals surface area contributed by atoms with E-state index in [2.05, 4.69) is 19.6 Å². The summed E-state index contributed by atoms with van der Waals surface area (Å²) in [4.78, 5) is 25.5. The first-order valence-corrected chi connectivity index (χ1v) is 9.57. The van der Waals surface area contributed by atoms with Crippen LogP contribution in [0.3, 0.4) is 0 Å². The number of piperazine rings is 1. The zero-order chi connectivity index (χ0) is 20.9. The fraction of sp³-hybridized carbons (Fsp3) is 0.227. The zero-order valence-electron chi connectivity index (χ0n) is 16.1. The molecule has 1 amide bonds. The molecule has 1 aliphatic rings. The number of nitrogens with zero attached hydrogens (tertiary/aromatic N) is 4. The number of hydrogen-bond acceptors (Lipinski definition) is 5. The summed E-state index contributed by atoms with van der Waals surface area (Å²) in [5, 5.41) is 0. The van der Waals surface area contributed by atoms with Gasteiger partial charge in [0.1, 0.15) is 11.6 Å². The summed E-state index contributed by atoms with van der Waals surface area (Å²) in [6.07, 6.45) is 3.31. The molecule has 3 heterocycles. The third kappa shape index (κ3) is 4.37. The zero-order valence-corrected chi connectivity index (χ0v) is 16.1. The van der Waals surface area contributed by atoms with Crippen molar-refractivity contribution in [2.75, 3.05) is 31.1 Å². The first-order chi connectivity index (χ1) is 14.6. The van der Waals surface area contributed by atoms with Crippen molar-refractivity contribution in [3.8, 4) is 17.0 Å². The van der Waals surface area contributed by atoms with E-state index in [1.807, 2.05) is 18.2 Å². The number of pyridine rings is 2. The molecule has 1 aliphatic heterocycles. The van der Waals surface area contributed by atoms with Gasteiger partial charge in [0, 0.05) is 49.7 Å². The number of anilines is 1. The second-order valence-electron chi connectivity index (χ2n) is 6.77. The molecule has 0 atom stereocenters. The number of alkyl halides is 2. The quantitative estimate of drug-likeness (QED) is 0.642. The summed E-state index contributed by atoms with van der Waals surface area (Å²) < 4.78 is 30.3. The molecule has 3 aromatic rings. The van der Waals surface area contributed by atoms with Crippen LogP contribution in [0.4, 0.5) is 14.6 Å². The van der Waals surface area contributed by atoms with Crippen LogP contribution in [-0.4, -0.2) is 53.6 Å². The fourth-order valence-electron chi connectivity index (χ4n) is 3.45. The molecule has 0 unspecified atom stereocenters. The van der Waals surface area contributed by atoms with Crippen molar-refractivity contribution >= 4 is 11.7 Å². The number of halogens is 2. The Balaban J connectivity index is 1.53. The molecule has 1 aromatic carbocycles. The Kier molecular flexibility index (Phi) is 5.83. The minimum atomic E-state index is -2.96. The summed E-state index contributed by atoms with van der Waals surface area (Å²) in [7, 11) is 0. The average Bonchev–Trinajstić information content (AvgIpc) is 2.80. The largest absolute Gasteiger partial charge is 0.434 e. The number of carbonyl (C=O) groups excluding carboxylic acids is 1. The van der Waals surface area contributed by atoms with Gasteiger partial charge in [-0.1, -0.05) is 12.1 Å². The van der Waals surface area contributed by atoms with Gasteiger partial charge < -0.3 is 14.5 Å². The second-order valence-corrected chi connectivity index (χ2v) is 6.77. The van der Waals surface area contributed by atoms with Crippen LogP contribution in [0.15, 0.2) is 67.0 Å². The first-order valence-electron chi connectivity index (χ1n) is 9.57. The van der Waals surface area contributed by atoms with Gasteiger partial charge in [-0.2, -0.15) is 8.78 Å². The Morgan fingerprint density at radius 2 is 1.67 bits per heavy atom. The van der Waals surface area contributed by atoms with Crippen LogP contribution in [0.5, 0.6) is 5.75 Å². The van der Waals surface area contributed by atoms with Gasteiger partial charge in [-0.25, -0.2) is 4.98 Å². The summed E-state index contributed by atoms with van der Waals surface area (Å²) in [5.41, 5.74) is 1.22. The van der Waals surface area contributed by atoms with Crippen molar-refractivity contribution in [1.29, 1.82) is 0 Å². The van der Waals surface area contributed by atoms with Crippen LogP contribution >= 0.6 is 0 Å². The highest BCUT2D eigenvalue weighted by Crippen LogP contribution is 2.31. The summed E-state index contributed by atoms with van der Waals surface area (Å²) in [6, 6.07) is 15.4. The van der Waals surface area contributed by atoms with Gasteiger partial charge in [0.05, 0.1) is 5.69 Å². The Morgan fingerprint density at radius 3 is 2.30 bits per heavy atom. The first kappa shape index (κ1) is 19.8. The maximum atomic E-state index is 13.0. The van der Waals surface area contributed by atoms with Gasteiger partial charge in [-0.3, -0.25) is 9.78 Å². The molecule has 30 heavy (non-hydrogen) atoms. The van der Waals surface area contributed by atoms with E-state index in [4.69, 9.17) is 0 Å². The standard InChI is InChI=1S/C22H20F2N4O2/c23-22(24)30-19-8-7-16(15-17(19)18-5-1-3-9-25-18)21(29)28-13-11-27(12-14-28)20-6-2-4-10-26-20/h1-10,15,22H,11-14H2. The molecule has 1 saturated heterocycles. The van der Waals surface area contributed by atoms with Crippen molar-refractivity contribution in [3.05, 3.63) is 72.6 Å². The maximum absolute atomic E-state index is 13.0. The Morgan fingerprint density at radius 1 is 0.933 bits per heavy atom. The molecule has 0 saturated carbocycles. The van der Waals surface area contributed by atoms with E-state index in [-0.39, 0.29) is 11.7 Å². The van der Waals surface area contributed by atoms with Crippen molar-refractivity contribution < 1.29 is 18.3 Å². The van der Waals surface area contributed by atoms with E-state index in [0.29, 0.717) is 43.0 Å². The van der Waals surface area contributed by atoms with Crippen LogP contribution in [-0.2, 0) is 0 Å². The maximum Gasteiger partial charge on any atom is 0.387 e. The molecule has 0 bridgehead atoms. The van der Waals surface area contributed by atoms with E-state index in [1.54, 1.807) is 41.6 Å². The average molecular weight is 410 g/mol. The summed E-state index contributed by atoms with van der Waals surface area (Å²) in [6.45, 7) is -0.536. The normalized spacial score (nSPS) is 14.1. The number of aromatic nitrogens is 2. The predicted octanol–water partition coefficient (Wildman–Crippen LogP) is 3.71. The molecular weight excluding hydrogens is 390 g/mol. The molecule has 0 N–H and O–H groups in total. The minimum Gasteiger partial charge on any atom is -0.434 e. The number of hydrogen-bond donors (Lipinski definition) is 0. The SMILES string of the molecule is O=C(c1ccc(OC(F)F)c(-c2ccccn2)c1)N1CCN(c2ccccn2)CC1. The lowest BCUT2D eigenvalue weighted by atomic mass is 10.0. The Hall–Kier alpha value is -3.55. The lowest BCUT2D eigenvalue weighted by Gasteiger charge is -2.35. The van der Waals surface area contributed by atoms with Crippen LogP contribution in [0.2, 0.25) is 0 Å². The molecule has 154 valence electrons. The molecule has 0 spiro atoms. The van der Waals surface area contributed by atoms with E-state index in [9.17, 15) is 13.6 Å². The third-order valence-corrected chi connectivity index (χ3v) is 4.92. The smallest absolute Gasteiger partial charge is 0.387 e. The van der Waals surface area contributed by atoms with Crippen LogP contribution in [0.25, 0.3) is 11.3 Å².